The van der Waals surface area contributed by atoms with Crippen LogP contribution < -0.4 is 10.6 Å². The smallest absolute Gasteiger partial charge is 0.0320 e. The highest BCUT2D eigenvalue weighted by Gasteiger charge is 2.50. The largest absolute Gasteiger partial charge is 0.313 e. The summed E-state index contributed by atoms with van der Waals surface area (Å²) in [7, 11) is 0. The number of fused-ring (bicyclic) bond motifs is 2. The van der Waals surface area contributed by atoms with Crippen molar-refractivity contribution in [1.29, 1.82) is 0 Å². The van der Waals surface area contributed by atoms with Crippen LogP contribution in [0.2, 0.25) is 0 Å². The first-order valence-electron chi connectivity index (χ1n) is 19.9. The fourth-order valence-corrected chi connectivity index (χ4v) is 9.94. The molecule has 5 aliphatic rings. The molecule has 2 saturated carbocycles. The molecule has 0 radical (unpaired) electrons. The maximum absolute atomic E-state index is 4.38. The molecule has 2 heteroatoms. The van der Waals surface area contributed by atoms with Gasteiger partial charge in [0.15, 0.2) is 0 Å². The first-order chi connectivity index (χ1) is 21.4. The molecule has 6 unspecified atom stereocenters. The highest BCUT2D eigenvalue weighted by Crippen LogP contribution is 2.49. The van der Waals surface area contributed by atoms with Crippen molar-refractivity contribution in [2.75, 3.05) is 13.1 Å². The van der Waals surface area contributed by atoms with Gasteiger partial charge in [-0.3, -0.25) is 0 Å². The summed E-state index contributed by atoms with van der Waals surface area (Å²) in [4.78, 5) is 0. The average molecular weight is 591 g/mol. The Labute approximate surface area is 267 Å². The second-order valence-electron chi connectivity index (χ2n) is 15.4. The van der Waals surface area contributed by atoms with E-state index in [0.717, 1.165) is 11.8 Å². The normalized spacial score (nSPS) is 37.7. The van der Waals surface area contributed by atoms with E-state index >= 15 is 0 Å². The van der Waals surface area contributed by atoms with Crippen molar-refractivity contribution < 1.29 is 0 Å². The van der Waals surface area contributed by atoms with Gasteiger partial charge < -0.3 is 10.6 Å². The molecule has 3 aliphatic carbocycles. The number of nitrogens with one attached hydrogen (secondary N) is 2. The van der Waals surface area contributed by atoms with Crippen molar-refractivity contribution in [3.05, 3.63) is 36.0 Å². The van der Waals surface area contributed by atoms with Crippen LogP contribution in [0.15, 0.2) is 36.0 Å². The molecule has 2 nitrogen and oxygen atoms in total. The summed E-state index contributed by atoms with van der Waals surface area (Å²) in [6.45, 7) is 2.43. The van der Waals surface area contributed by atoms with Gasteiger partial charge in [0.2, 0.25) is 0 Å². The molecule has 0 bridgehead atoms. The van der Waals surface area contributed by atoms with E-state index in [1.54, 1.807) is 0 Å². The SMILES string of the molecule is C1=CC(C2/C3=C/CCCCCCNC3C(C3CCCCCCCCCC3)C3/C=C\CCCCCNC32)CCCCCCC1. The lowest BCUT2D eigenvalue weighted by molar-refractivity contribution is 0.0825. The van der Waals surface area contributed by atoms with Crippen molar-refractivity contribution in [3.8, 4) is 0 Å². The van der Waals surface area contributed by atoms with Gasteiger partial charge in [0, 0.05) is 18.0 Å². The molecule has 6 atom stereocenters. The van der Waals surface area contributed by atoms with Crippen molar-refractivity contribution >= 4 is 0 Å². The molecular weight excluding hydrogens is 520 g/mol. The summed E-state index contributed by atoms with van der Waals surface area (Å²) in [6, 6.07) is 1.15. The Bertz CT molecular complexity index is 827. The van der Waals surface area contributed by atoms with Crippen LogP contribution in [-0.4, -0.2) is 25.2 Å². The predicted molar refractivity (Wildman–Crippen MR) is 187 cm³/mol. The van der Waals surface area contributed by atoms with E-state index in [9.17, 15) is 0 Å². The van der Waals surface area contributed by atoms with Crippen molar-refractivity contribution in [3.63, 3.8) is 0 Å². The van der Waals surface area contributed by atoms with Gasteiger partial charge in [-0.1, -0.05) is 145 Å². The Morgan fingerprint density at radius 2 is 1.02 bits per heavy atom. The van der Waals surface area contributed by atoms with E-state index < -0.39 is 0 Å². The topological polar surface area (TPSA) is 24.1 Å². The molecular formula is C41H70N2. The summed E-state index contributed by atoms with van der Waals surface area (Å²) in [5, 5.41) is 8.75. The highest BCUT2D eigenvalue weighted by atomic mass is 15.0. The third-order valence-electron chi connectivity index (χ3n) is 12.2. The van der Waals surface area contributed by atoms with Crippen LogP contribution in [0.4, 0.5) is 0 Å². The Balaban J connectivity index is 1.56. The molecule has 2 fully saturated rings. The molecule has 0 aromatic rings. The number of hydrogen-bond donors (Lipinski definition) is 2. The lowest BCUT2D eigenvalue weighted by Gasteiger charge is -2.54. The molecule has 2 heterocycles. The van der Waals surface area contributed by atoms with Crippen LogP contribution in [0.3, 0.4) is 0 Å². The van der Waals surface area contributed by atoms with E-state index in [1.165, 1.54) is 180 Å². The maximum Gasteiger partial charge on any atom is 0.0320 e. The lowest BCUT2D eigenvalue weighted by Crippen LogP contribution is -2.60. The molecule has 0 saturated heterocycles. The lowest BCUT2D eigenvalue weighted by atomic mass is 9.56. The Morgan fingerprint density at radius 3 is 1.74 bits per heavy atom. The zero-order chi connectivity index (χ0) is 29.4. The molecule has 0 aromatic heterocycles. The maximum atomic E-state index is 4.38. The van der Waals surface area contributed by atoms with Gasteiger partial charge in [-0.05, 0) is 94.5 Å². The van der Waals surface area contributed by atoms with Gasteiger partial charge in [-0.25, -0.2) is 0 Å². The van der Waals surface area contributed by atoms with Gasteiger partial charge in [-0.15, -0.1) is 0 Å². The molecule has 43 heavy (non-hydrogen) atoms. The number of rotatable bonds is 2. The van der Waals surface area contributed by atoms with Crippen LogP contribution in [0.1, 0.15) is 167 Å². The third-order valence-corrected chi connectivity index (χ3v) is 12.2. The zero-order valence-electron chi connectivity index (χ0n) is 28.2. The Kier molecular flexibility index (Phi) is 15.3. The van der Waals surface area contributed by atoms with E-state index in [1.807, 2.05) is 5.57 Å². The molecule has 2 N–H and O–H groups in total. The molecule has 0 aromatic carbocycles. The van der Waals surface area contributed by atoms with Crippen molar-refractivity contribution in [1.82, 2.24) is 10.6 Å². The van der Waals surface area contributed by atoms with Crippen LogP contribution in [0.25, 0.3) is 0 Å². The zero-order valence-corrected chi connectivity index (χ0v) is 28.2. The van der Waals surface area contributed by atoms with E-state index in [-0.39, 0.29) is 0 Å². The molecule has 0 spiro atoms. The Morgan fingerprint density at radius 1 is 0.488 bits per heavy atom. The van der Waals surface area contributed by atoms with Crippen LogP contribution in [0, 0.1) is 29.6 Å². The fourth-order valence-electron chi connectivity index (χ4n) is 9.94. The monoisotopic (exact) mass is 591 g/mol. The minimum Gasteiger partial charge on any atom is -0.313 e. The van der Waals surface area contributed by atoms with Crippen LogP contribution in [0.5, 0.6) is 0 Å². The van der Waals surface area contributed by atoms with Gasteiger partial charge in [0.1, 0.15) is 0 Å². The number of allylic oxidation sites excluding steroid dienone is 4. The highest BCUT2D eigenvalue weighted by molar-refractivity contribution is 5.29. The van der Waals surface area contributed by atoms with Gasteiger partial charge in [-0.2, -0.15) is 0 Å². The molecule has 244 valence electrons. The summed E-state index contributed by atoms with van der Waals surface area (Å²) in [5.74, 6) is 3.56. The van der Waals surface area contributed by atoms with Crippen molar-refractivity contribution in [2.24, 2.45) is 29.6 Å². The first kappa shape index (κ1) is 33.5. The quantitative estimate of drug-likeness (QED) is 0.313. The predicted octanol–water partition coefficient (Wildman–Crippen LogP) is 11.2. The van der Waals surface area contributed by atoms with E-state index in [4.69, 9.17) is 0 Å². The minimum atomic E-state index is 0.567. The van der Waals surface area contributed by atoms with Crippen molar-refractivity contribution in [2.45, 2.75) is 179 Å². The van der Waals surface area contributed by atoms with E-state index in [0.29, 0.717) is 29.8 Å². The second kappa shape index (κ2) is 19.6. The van der Waals surface area contributed by atoms with Crippen LogP contribution in [-0.2, 0) is 0 Å². The standard InChI is InChI=1S/C41H70N2/c1-2-5-11-19-27-34(26-18-10-4-1)38-36-30-22-14-8-17-25-33-43-41(36)39(35-28-20-12-6-3-7-13-21-29-35)37-31-23-15-9-16-24-32-42-40(37)38/h20,22,28,30-31,34-36,38-43H,1-19,21,23-27,29,32-33H2/b28-20?,30-22-,37-31-. The number of hydrogen-bond acceptors (Lipinski definition) is 2. The fraction of sp³-hybridized carbons (Fsp3) is 0.854. The van der Waals surface area contributed by atoms with Gasteiger partial charge >= 0.3 is 0 Å². The molecule has 0 amide bonds. The first-order valence-corrected chi connectivity index (χ1v) is 19.9. The third kappa shape index (κ3) is 10.3. The summed E-state index contributed by atoms with van der Waals surface area (Å²) < 4.78 is 0. The minimum absolute atomic E-state index is 0.567. The second-order valence-corrected chi connectivity index (χ2v) is 15.4. The van der Waals surface area contributed by atoms with Gasteiger partial charge in [0.25, 0.3) is 0 Å². The summed E-state index contributed by atoms with van der Waals surface area (Å²) in [5.41, 5.74) is 1.85. The molecule has 2 aliphatic heterocycles. The molecule has 5 rings (SSSR count). The Hall–Kier alpha value is -0.860. The van der Waals surface area contributed by atoms with Gasteiger partial charge in [0.05, 0.1) is 0 Å². The van der Waals surface area contributed by atoms with Crippen LogP contribution >= 0.6 is 0 Å². The summed E-state index contributed by atoms with van der Waals surface area (Å²) in [6.07, 6.45) is 50.3. The average Bonchev–Trinajstić information content (AvgIpc) is 3.10. The summed E-state index contributed by atoms with van der Waals surface area (Å²) >= 11 is 0. The van der Waals surface area contributed by atoms with E-state index in [2.05, 4.69) is 41.0 Å².